The summed E-state index contributed by atoms with van der Waals surface area (Å²) in [5, 5.41) is 5.27. The highest BCUT2D eigenvalue weighted by atomic mass is 32.1. The van der Waals surface area contributed by atoms with Crippen molar-refractivity contribution in [3.63, 3.8) is 0 Å². The zero-order valence-electron chi connectivity index (χ0n) is 24.2. The topological polar surface area (TPSA) is 25.4 Å². The second-order valence-corrected chi connectivity index (χ2v) is 13.5. The summed E-state index contributed by atoms with van der Waals surface area (Å²) in [6, 6.07) is 24.7. The van der Waals surface area contributed by atoms with Crippen molar-refractivity contribution in [1.29, 1.82) is 0 Å². The van der Waals surface area contributed by atoms with Crippen LogP contribution in [-0.2, 0) is 0 Å². The van der Waals surface area contributed by atoms with Crippen molar-refractivity contribution in [2.45, 2.75) is 62.5 Å². The first-order chi connectivity index (χ1) is 21.3. The number of benzene rings is 3. The van der Waals surface area contributed by atoms with Crippen molar-refractivity contribution in [1.82, 2.24) is 9.88 Å². The molecular formula is C39H34N2OS. The van der Waals surface area contributed by atoms with Crippen LogP contribution in [0.3, 0.4) is 0 Å². The molecule has 9 rings (SSSR count). The van der Waals surface area contributed by atoms with Gasteiger partial charge in [0.05, 0.1) is 6.04 Å². The van der Waals surface area contributed by atoms with E-state index in [1.165, 1.54) is 48.8 Å². The maximum atomic E-state index is 6.36. The van der Waals surface area contributed by atoms with E-state index in [4.69, 9.17) is 9.72 Å². The van der Waals surface area contributed by atoms with Crippen LogP contribution in [0.2, 0.25) is 0 Å². The lowest BCUT2D eigenvalue weighted by Crippen LogP contribution is -2.37. The third-order valence-corrected chi connectivity index (χ3v) is 11.0. The van der Waals surface area contributed by atoms with E-state index >= 15 is 0 Å². The number of thiophene rings is 1. The van der Waals surface area contributed by atoms with Crippen LogP contribution in [0.5, 0.6) is 5.75 Å². The fraction of sp³-hybridized carbons (Fsp3) is 0.256. The van der Waals surface area contributed by atoms with Crippen LogP contribution in [0.25, 0.3) is 31.1 Å². The van der Waals surface area contributed by atoms with Crippen LogP contribution in [0.4, 0.5) is 0 Å². The summed E-state index contributed by atoms with van der Waals surface area (Å²) in [6.07, 6.45) is 23.4. The molecule has 212 valence electrons. The lowest BCUT2D eigenvalue weighted by Gasteiger charge is -2.41. The molecule has 4 aliphatic rings. The summed E-state index contributed by atoms with van der Waals surface area (Å²) >= 11 is 1.81. The molecule has 5 aromatic rings. The molecule has 3 heterocycles. The summed E-state index contributed by atoms with van der Waals surface area (Å²) in [4.78, 5) is 8.81. The van der Waals surface area contributed by atoms with Gasteiger partial charge in [0.1, 0.15) is 16.7 Å². The van der Waals surface area contributed by atoms with Gasteiger partial charge in [-0.2, -0.15) is 0 Å². The van der Waals surface area contributed by atoms with E-state index in [2.05, 4.69) is 114 Å². The minimum absolute atomic E-state index is 0.266. The summed E-state index contributed by atoms with van der Waals surface area (Å²) in [6.45, 7) is 0. The highest BCUT2D eigenvalue weighted by molar-refractivity contribution is 7.25. The number of fused-ring (bicyclic) bond motifs is 8. The first kappa shape index (κ1) is 25.4. The van der Waals surface area contributed by atoms with E-state index in [0.717, 1.165) is 49.1 Å². The number of nitrogens with zero attached hydrogens (tertiary/aromatic N) is 2. The molecule has 0 N–H and O–H groups in total. The number of allylic oxidation sites excluding steroid dienone is 6. The SMILES string of the molecule is C1=CCCC(N(C2=CC3c4ccccc4OC3CC2)C2C=CC(c3cnc4sc5ccc6ccccc6c5c4c3)CC2)=C1. The number of pyridine rings is 1. The van der Waals surface area contributed by atoms with Gasteiger partial charge in [0.25, 0.3) is 0 Å². The molecule has 0 radical (unpaired) electrons. The molecule has 0 saturated carbocycles. The Labute approximate surface area is 256 Å². The fourth-order valence-corrected chi connectivity index (χ4v) is 8.91. The van der Waals surface area contributed by atoms with Crippen LogP contribution in [0, 0.1) is 0 Å². The quantitative estimate of drug-likeness (QED) is 0.198. The molecule has 4 heteroatoms. The highest BCUT2D eigenvalue weighted by Gasteiger charge is 2.38. The number of para-hydroxylation sites is 1. The molecular weight excluding hydrogens is 545 g/mol. The molecule has 3 aromatic carbocycles. The Morgan fingerprint density at radius 1 is 0.860 bits per heavy atom. The first-order valence-electron chi connectivity index (χ1n) is 15.8. The van der Waals surface area contributed by atoms with Gasteiger partial charge in [0, 0.05) is 50.5 Å². The predicted octanol–water partition coefficient (Wildman–Crippen LogP) is 10.2. The summed E-state index contributed by atoms with van der Waals surface area (Å²) in [5.41, 5.74) is 5.60. The molecule has 2 aromatic heterocycles. The first-order valence-corrected chi connectivity index (χ1v) is 16.6. The minimum Gasteiger partial charge on any atom is -0.489 e. The fourth-order valence-electron chi connectivity index (χ4n) is 7.87. The zero-order chi connectivity index (χ0) is 28.3. The van der Waals surface area contributed by atoms with Crippen molar-refractivity contribution >= 4 is 42.4 Å². The summed E-state index contributed by atoms with van der Waals surface area (Å²) in [7, 11) is 0. The van der Waals surface area contributed by atoms with Gasteiger partial charge in [-0.3, -0.25) is 0 Å². The normalized spacial score (nSPS) is 24.5. The van der Waals surface area contributed by atoms with Gasteiger partial charge >= 0.3 is 0 Å². The third-order valence-electron chi connectivity index (χ3n) is 9.96. The smallest absolute Gasteiger partial charge is 0.124 e. The van der Waals surface area contributed by atoms with E-state index < -0.39 is 0 Å². The van der Waals surface area contributed by atoms with E-state index in [-0.39, 0.29) is 6.10 Å². The minimum atomic E-state index is 0.266. The van der Waals surface area contributed by atoms with E-state index in [1.54, 1.807) is 0 Å². The van der Waals surface area contributed by atoms with E-state index in [9.17, 15) is 0 Å². The number of ether oxygens (including phenoxy) is 1. The predicted molar refractivity (Wildman–Crippen MR) is 179 cm³/mol. The third kappa shape index (κ3) is 4.26. The van der Waals surface area contributed by atoms with Gasteiger partial charge < -0.3 is 9.64 Å². The molecule has 4 unspecified atom stereocenters. The Bertz CT molecular complexity index is 2010. The van der Waals surface area contributed by atoms with Gasteiger partial charge in [-0.05, 0) is 79.1 Å². The van der Waals surface area contributed by atoms with Crippen molar-refractivity contribution in [2.75, 3.05) is 0 Å². The standard InChI is InChI=1S/C39H34N2OS/c1-2-9-28(10-3-1)41(30-19-20-36-33(23-30)32-12-6-7-13-35(32)42-36)29-17-14-25(15-18-29)27-22-34-38-31-11-5-4-8-26(31)16-21-37(38)43-39(34)40-24-27/h1-2,4-9,11-14,16-17,21-25,29,33,36H,3,10,15,18-20H2. The second kappa shape index (κ2) is 10.2. The number of hydrogen-bond acceptors (Lipinski definition) is 4. The van der Waals surface area contributed by atoms with Gasteiger partial charge in [0.15, 0.2) is 0 Å². The molecule has 3 nitrogen and oxygen atoms in total. The van der Waals surface area contributed by atoms with E-state index in [0.29, 0.717) is 17.9 Å². The van der Waals surface area contributed by atoms with Gasteiger partial charge in [-0.1, -0.05) is 78.9 Å². The van der Waals surface area contributed by atoms with Crippen molar-refractivity contribution in [3.8, 4) is 5.75 Å². The number of aromatic nitrogens is 1. The largest absolute Gasteiger partial charge is 0.489 e. The van der Waals surface area contributed by atoms with Crippen molar-refractivity contribution in [3.05, 3.63) is 132 Å². The molecule has 1 aliphatic heterocycles. The molecule has 43 heavy (non-hydrogen) atoms. The van der Waals surface area contributed by atoms with Crippen LogP contribution < -0.4 is 4.74 Å². The second-order valence-electron chi connectivity index (χ2n) is 12.4. The molecule has 0 saturated heterocycles. The van der Waals surface area contributed by atoms with Crippen LogP contribution >= 0.6 is 11.3 Å². The Hall–Kier alpha value is -4.15. The molecule has 4 atom stereocenters. The van der Waals surface area contributed by atoms with Crippen LogP contribution in [0.1, 0.15) is 61.5 Å². The Kier molecular flexibility index (Phi) is 6.04. The lowest BCUT2D eigenvalue weighted by molar-refractivity contribution is 0.189. The van der Waals surface area contributed by atoms with Crippen molar-refractivity contribution in [2.24, 2.45) is 0 Å². The maximum Gasteiger partial charge on any atom is 0.124 e. The van der Waals surface area contributed by atoms with Crippen LogP contribution in [0.15, 0.2) is 121 Å². The highest BCUT2D eigenvalue weighted by Crippen LogP contribution is 2.46. The maximum absolute atomic E-state index is 6.36. The Morgan fingerprint density at radius 2 is 1.79 bits per heavy atom. The van der Waals surface area contributed by atoms with Gasteiger partial charge in [-0.15, -0.1) is 11.3 Å². The zero-order valence-corrected chi connectivity index (χ0v) is 25.0. The Morgan fingerprint density at radius 3 is 2.70 bits per heavy atom. The average Bonchev–Trinajstić information content (AvgIpc) is 3.64. The number of hydrogen-bond donors (Lipinski definition) is 0. The Balaban J connectivity index is 1.05. The average molecular weight is 579 g/mol. The molecule has 0 fully saturated rings. The molecule has 0 spiro atoms. The van der Waals surface area contributed by atoms with Crippen LogP contribution in [-0.4, -0.2) is 22.0 Å². The monoisotopic (exact) mass is 578 g/mol. The lowest BCUT2D eigenvalue weighted by atomic mass is 9.84. The summed E-state index contributed by atoms with van der Waals surface area (Å²) < 4.78 is 7.68. The molecule has 0 amide bonds. The summed E-state index contributed by atoms with van der Waals surface area (Å²) in [5.74, 6) is 1.80. The van der Waals surface area contributed by atoms with Crippen molar-refractivity contribution < 1.29 is 4.74 Å². The van der Waals surface area contributed by atoms with Gasteiger partial charge in [0.2, 0.25) is 0 Å². The van der Waals surface area contributed by atoms with Gasteiger partial charge in [-0.25, -0.2) is 4.98 Å². The number of rotatable bonds is 4. The molecule has 0 bridgehead atoms. The molecule has 3 aliphatic carbocycles. The van der Waals surface area contributed by atoms with E-state index in [1.807, 2.05) is 11.3 Å².